The number of nitrogens with two attached hydrogens (primary N) is 1. The van der Waals surface area contributed by atoms with E-state index in [0.29, 0.717) is 23.3 Å². The Morgan fingerprint density at radius 3 is 2.87 bits per heavy atom. The van der Waals surface area contributed by atoms with Gasteiger partial charge < -0.3 is 10.2 Å². The molecule has 0 aliphatic heterocycles. The number of nitrogen functional groups attached to an aromatic ring is 1. The van der Waals surface area contributed by atoms with E-state index in [4.69, 9.17) is 10.2 Å². The van der Waals surface area contributed by atoms with E-state index in [2.05, 4.69) is 6.58 Å². The normalized spacial score (nSPS) is 10.4. The average molecular weight is 201 g/mol. The van der Waals surface area contributed by atoms with Crippen molar-refractivity contribution < 1.29 is 4.42 Å². The van der Waals surface area contributed by atoms with Crippen LogP contribution in [0.1, 0.15) is 5.56 Å². The molecular weight excluding hydrogens is 190 g/mol. The highest BCUT2D eigenvalue weighted by molar-refractivity contribution is 5.89. The minimum atomic E-state index is -0.383. The van der Waals surface area contributed by atoms with E-state index in [9.17, 15) is 4.79 Å². The van der Waals surface area contributed by atoms with Crippen LogP contribution in [0.25, 0.3) is 11.0 Å². The molecule has 1 aromatic carbocycles. The highest BCUT2D eigenvalue weighted by Crippen LogP contribution is 2.21. The molecule has 0 amide bonds. The van der Waals surface area contributed by atoms with Crippen LogP contribution in [-0.2, 0) is 6.42 Å². The number of rotatable bonds is 2. The van der Waals surface area contributed by atoms with E-state index >= 15 is 0 Å². The molecule has 15 heavy (non-hydrogen) atoms. The van der Waals surface area contributed by atoms with Crippen LogP contribution < -0.4 is 11.4 Å². The number of allylic oxidation sites excluding steroid dienone is 1. The molecule has 2 N–H and O–H groups in total. The van der Waals surface area contributed by atoms with Crippen molar-refractivity contribution in [2.45, 2.75) is 6.42 Å². The molecule has 0 atom stereocenters. The molecule has 0 radical (unpaired) electrons. The van der Waals surface area contributed by atoms with Crippen molar-refractivity contribution in [3.63, 3.8) is 0 Å². The number of anilines is 1. The summed E-state index contributed by atoms with van der Waals surface area (Å²) in [5.74, 6) is 0. The third-order valence-electron chi connectivity index (χ3n) is 2.30. The summed E-state index contributed by atoms with van der Waals surface area (Å²) in [6.45, 7) is 3.58. The van der Waals surface area contributed by atoms with Crippen molar-refractivity contribution in [2.75, 3.05) is 5.73 Å². The van der Waals surface area contributed by atoms with Crippen molar-refractivity contribution >= 4 is 16.7 Å². The van der Waals surface area contributed by atoms with E-state index in [1.165, 1.54) is 0 Å². The van der Waals surface area contributed by atoms with Crippen molar-refractivity contribution in [2.24, 2.45) is 0 Å². The Kier molecular flexibility index (Phi) is 2.29. The van der Waals surface area contributed by atoms with Crippen LogP contribution in [0.2, 0.25) is 0 Å². The largest absolute Gasteiger partial charge is 0.422 e. The SMILES string of the molecule is C=CCc1c(N)c2ccccc2oc1=O. The van der Waals surface area contributed by atoms with Gasteiger partial charge in [-0.1, -0.05) is 18.2 Å². The zero-order chi connectivity index (χ0) is 10.8. The minimum absolute atomic E-state index is 0.383. The molecule has 1 heterocycles. The van der Waals surface area contributed by atoms with Gasteiger partial charge in [0, 0.05) is 5.39 Å². The van der Waals surface area contributed by atoms with Gasteiger partial charge in [0.2, 0.25) is 0 Å². The van der Waals surface area contributed by atoms with Gasteiger partial charge in [-0.15, -0.1) is 6.58 Å². The fourth-order valence-electron chi connectivity index (χ4n) is 1.55. The van der Waals surface area contributed by atoms with Gasteiger partial charge in [-0.3, -0.25) is 0 Å². The zero-order valence-electron chi connectivity index (χ0n) is 8.19. The molecule has 1 aromatic heterocycles. The Morgan fingerprint density at radius 1 is 1.40 bits per heavy atom. The van der Waals surface area contributed by atoms with Gasteiger partial charge in [0.05, 0.1) is 11.3 Å². The van der Waals surface area contributed by atoms with Gasteiger partial charge >= 0.3 is 5.63 Å². The fourth-order valence-corrected chi connectivity index (χ4v) is 1.55. The van der Waals surface area contributed by atoms with Crippen LogP contribution in [-0.4, -0.2) is 0 Å². The van der Waals surface area contributed by atoms with Crippen molar-refractivity contribution in [1.82, 2.24) is 0 Å². The van der Waals surface area contributed by atoms with Crippen molar-refractivity contribution in [3.05, 3.63) is 52.9 Å². The maximum absolute atomic E-state index is 11.5. The van der Waals surface area contributed by atoms with Crippen LogP contribution in [0.3, 0.4) is 0 Å². The van der Waals surface area contributed by atoms with E-state index in [0.717, 1.165) is 5.39 Å². The van der Waals surface area contributed by atoms with Gasteiger partial charge in [-0.05, 0) is 18.6 Å². The Hall–Kier alpha value is -2.03. The third-order valence-corrected chi connectivity index (χ3v) is 2.30. The first-order chi connectivity index (χ1) is 7.24. The van der Waals surface area contributed by atoms with E-state index < -0.39 is 0 Å². The minimum Gasteiger partial charge on any atom is -0.422 e. The predicted molar refractivity (Wildman–Crippen MR) is 60.8 cm³/mol. The molecule has 3 heteroatoms. The first kappa shape index (κ1) is 9.52. The number of hydrogen-bond donors (Lipinski definition) is 1. The molecule has 0 saturated heterocycles. The van der Waals surface area contributed by atoms with Gasteiger partial charge in [-0.2, -0.15) is 0 Å². The molecule has 0 unspecified atom stereocenters. The van der Waals surface area contributed by atoms with Crippen LogP contribution in [0.4, 0.5) is 5.69 Å². The lowest BCUT2D eigenvalue weighted by Gasteiger charge is -2.04. The zero-order valence-corrected chi connectivity index (χ0v) is 8.19. The van der Waals surface area contributed by atoms with Crippen molar-refractivity contribution in [3.8, 4) is 0 Å². The van der Waals surface area contributed by atoms with Crippen LogP contribution in [0.5, 0.6) is 0 Å². The van der Waals surface area contributed by atoms with E-state index in [1.807, 2.05) is 12.1 Å². The molecular formula is C12H11NO2. The summed E-state index contributed by atoms with van der Waals surface area (Å²) in [5, 5.41) is 0.772. The predicted octanol–water partition coefficient (Wildman–Crippen LogP) is 2.10. The summed E-state index contributed by atoms with van der Waals surface area (Å²) >= 11 is 0. The van der Waals surface area contributed by atoms with E-state index in [-0.39, 0.29) is 5.63 Å². The van der Waals surface area contributed by atoms with Crippen LogP contribution >= 0.6 is 0 Å². The van der Waals surface area contributed by atoms with Gasteiger partial charge in [0.25, 0.3) is 0 Å². The molecule has 2 aromatic rings. The fraction of sp³-hybridized carbons (Fsp3) is 0.0833. The van der Waals surface area contributed by atoms with Crippen molar-refractivity contribution in [1.29, 1.82) is 0 Å². The summed E-state index contributed by atoms with van der Waals surface area (Å²) in [5.41, 5.74) is 7.00. The number of para-hydroxylation sites is 1. The summed E-state index contributed by atoms with van der Waals surface area (Å²) in [7, 11) is 0. The molecule has 0 saturated carbocycles. The smallest absolute Gasteiger partial charge is 0.341 e. The number of fused-ring (bicyclic) bond motifs is 1. The first-order valence-electron chi connectivity index (χ1n) is 4.65. The van der Waals surface area contributed by atoms with E-state index in [1.54, 1.807) is 18.2 Å². The molecule has 0 aliphatic carbocycles. The number of hydrogen-bond acceptors (Lipinski definition) is 3. The Balaban J connectivity index is 2.83. The van der Waals surface area contributed by atoms with Gasteiger partial charge in [0.15, 0.2) is 0 Å². The Morgan fingerprint density at radius 2 is 2.13 bits per heavy atom. The lowest BCUT2D eigenvalue weighted by Crippen LogP contribution is -2.10. The Bertz CT molecular complexity index is 569. The van der Waals surface area contributed by atoms with Crippen LogP contribution in [0, 0.1) is 0 Å². The first-order valence-corrected chi connectivity index (χ1v) is 4.65. The number of benzene rings is 1. The van der Waals surface area contributed by atoms with Gasteiger partial charge in [0.1, 0.15) is 5.58 Å². The van der Waals surface area contributed by atoms with Crippen LogP contribution in [0.15, 0.2) is 46.1 Å². The molecule has 3 nitrogen and oxygen atoms in total. The second-order valence-corrected chi connectivity index (χ2v) is 3.27. The summed E-state index contributed by atoms with van der Waals surface area (Å²) in [6, 6.07) is 7.22. The Labute approximate surface area is 86.8 Å². The second-order valence-electron chi connectivity index (χ2n) is 3.27. The summed E-state index contributed by atoms with van der Waals surface area (Å²) < 4.78 is 5.14. The molecule has 0 aliphatic rings. The lowest BCUT2D eigenvalue weighted by atomic mass is 10.1. The topological polar surface area (TPSA) is 56.2 Å². The lowest BCUT2D eigenvalue weighted by molar-refractivity contribution is 0.554. The molecule has 0 spiro atoms. The standard InChI is InChI=1S/C12H11NO2/c1-2-5-9-11(13)8-6-3-4-7-10(8)15-12(9)14/h2-4,6-7H,1,5,13H2. The summed E-state index contributed by atoms with van der Waals surface area (Å²) in [6.07, 6.45) is 2.07. The average Bonchev–Trinajstić information content (AvgIpc) is 2.24. The molecule has 0 fully saturated rings. The third kappa shape index (κ3) is 1.52. The molecule has 76 valence electrons. The highest BCUT2D eigenvalue weighted by atomic mass is 16.4. The maximum Gasteiger partial charge on any atom is 0.341 e. The maximum atomic E-state index is 11.5. The second kappa shape index (κ2) is 3.61. The van der Waals surface area contributed by atoms with Gasteiger partial charge in [-0.25, -0.2) is 4.79 Å². The molecule has 0 bridgehead atoms. The molecule has 2 rings (SSSR count). The highest BCUT2D eigenvalue weighted by Gasteiger charge is 2.09. The quantitative estimate of drug-likeness (QED) is 0.598. The summed E-state index contributed by atoms with van der Waals surface area (Å²) in [4.78, 5) is 11.5. The monoisotopic (exact) mass is 201 g/mol.